The van der Waals surface area contributed by atoms with Gasteiger partial charge in [-0.25, -0.2) is 0 Å². The fourth-order valence-corrected chi connectivity index (χ4v) is 5.53. The predicted octanol–water partition coefficient (Wildman–Crippen LogP) is 5.61. The average Bonchev–Trinajstić information content (AvgIpc) is 2.83. The van der Waals surface area contributed by atoms with Crippen molar-refractivity contribution >= 4 is 29.3 Å². The Bertz CT molecular complexity index is 1190. The molecule has 1 aliphatic heterocycles. The molecule has 0 aromatic heterocycles. The fraction of sp³-hybridized carbons (Fsp3) is 0.310. The number of fused-ring (bicyclic) bond motifs is 1. The normalized spacial score (nSPS) is 16.2. The summed E-state index contributed by atoms with van der Waals surface area (Å²) in [7, 11) is 0. The van der Waals surface area contributed by atoms with Crippen LogP contribution in [0.5, 0.6) is 0 Å². The Morgan fingerprint density at radius 3 is 2.47 bits per heavy atom. The fourth-order valence-electron chi connectivity index (χ4n) is 4.24. The van der Waals surface area contributed by atoms with Crippen LogP contribution in [0, 0.1) is 26.7 Å². The molecule has 1 aliphatic rings. The van der Waals surface area contributed by atoms with Crippen LogP contribution in [-0.2, 0) is 22.6 Å². The molecule has 1 heterocycles. The number of benzene rings is 3. The van der Waals surface area contributed by atoms with Crippen LogP contribution in [0.3, 0.4) is 0 Å². The minimum atomic E-state index is -0.459. The molecule has 3 aromatic carbocycles. The summed E-state index contributed by atoms with van der Waals surface area (Å²) in [6.45, 7) is 9.12. The van der Waals surface area contributed by atoms with Crippen LogP contribution >= 0.6 is 11.8 Å². The van der Waals surface area contributed by atoms with Crippen LogP contribution in [0.4, 0.5) is 5.69 Å². The first-order chi connectivity index (χ1) is 16.3. The van der Waals surface area contributed by atoms with Crippen molar-refractivity contribution in [2.24, 2.45) is 5.92 Å². The molecule has 176 valence electrons. The van der Waals surface area contributed by atoms with Crippen molar-refractivity contribution in [2.45, 2.75) is 50.8 Å². The molecule has 1 N–H and O–H groups in total. The van der Waals surface area contributed by atoms with Crippen molar-refractivity contribution in [1.82, 2.24) is 5.32 Å². The molecule has 0 bridgehead atoms. The molecule has 0 spiro atoms. The molecule has 0 radical (unpaired) electrons. The Hall–Kier alpha value is -3.05. The van der Waals surface area contributed by atoms with Gasteiger partial charge in [0.2, 0.25) is 11.8 Å². The van der Waals surface area contributed by atoms with E-state index < -0.39 is 11.2 Å². The van der Waals surface area contributed by atoms with Gasteiger partial charge in [0.1, 0.15) is 5.25 Å². The smallest absolute Gasteiger partial charge is 0.241 e. The number of carbonyl (C=O) groups excluding carboxylic acids is 2. The second kappa shape index (κ2) is 10.5. The number of amides is 2. The molecule has 0 saturated carbocycles. The van der Waals surface area contributed by atoms with E-state index in [1.54, 1.807) is 0 Å². The van der Waals surface area contributed by atoms with E-state index in [1.807, 2.05) is 36.1 Å². The number of carbonyl (C=O) groups is 2. The molecule has 0 aliphatic carbocycles. The minimum Gasteiger partial charge on any atom is -0.355 e. The first kappa shape index (κ1) is 24.1. The Labute approximate surface area is 206 Å². The van der Waals surface area contributed by atoms with Crippen molar-refractivity contribution in [2.75, 3.05) is 11.4 Å². The molecule has 2 unspecified atom stereocenters. The minimum absolute atomic E-state index is 0.00853. The number of para-hydroxylation sites is 1. The zero-order valence-electron chi connectivity index (χ0n) is 20.3. The lowest BCUT2D eigenvalue weighted by Gasteiger charge is -2.36. The largest absolute Gasteiger partial charge is 0.355 e. The van der Waals surface area contributed by atoms with Gasteiger partial charge >= 0.3 is 0 Å². The molecule has 2 amide bonds. The number of hydrogen-bond acceptors (Lipinski definition) is 3. The Morgan fingerprint density at radius 2 is 1.71 bits per heavy atom. The summed E-state index contributed by atoms with van der Waals surface area (Å²) in [5.74, 6) is -0.528. The van der Waals surface area contributed by atoms with E-state index in [0.717, 1.165) is 28.1 Å². The van der Waals surface area contributed by atoms with E-state index >= 15 is 0 Å². The van der Waals surface area contributed by atoms with Crippen molar-refractivity contribution in [3.8, 4) is 0 Å². The Balaban J connectivity index is 1.49. The topological polar surface area (TPSA) is 49.4 Å². The maximum atomic E-state index is 13.7. The third-order valence-corrected chi connectivity index (χ3v) is 7.92. The molecule has 4 nitrogen and oxygen atoms in total. The number of rotatable bonds is 7. The van der Waals surface area contributed by atoms with Crippen molar-refractivity contribution in [3.63, 3.8) is 0 Å². The van der Waals surface area contributed by atoms with Crippen molar-refractivity contribution in [1.29, 1.82) is 0 Å². The van der Waals surface area contributed by atoms with Crippen LogP contribution in [0.25, 0.3) is 0 Å². The van der Waals surface area contributed by atoms with E-state index in [2.05, 4.69) is 68.6 Å². The SMILES string of the molecule is Cc1ccc(CCNC(=O)C(C)C2Sc3ccccc3N(Cc3cc(C)ccc3C)C2=O)cc1. The van der Waals surface area contributed by atoms with Gasteiger partial charge in [0.05, 0.1) is 18.2 Å². The van der Waals surface area contributed by atoms with E-state index in [-0.39, 0.29) is 11.8 Å². The zero-order chi connectivity index (χ0) is 24.2. The molecular formula is C29H32N2O2S. The highest BCUT2D eigenvalue weighted by atomic mass is 32.2. The Morgan fingerprint density at radius 1 is 1.00 bits per heavy atom. The second-order valence-electron chi connectivity index (χ2n) is 9.18. The van der Waals surface area contributed by atoms with Crippen LogP contribution < -0.4 is 10.2 Å². The summed E-state index contributed by atoms with van der Waals surface area (Å²) in [6.07, 6.45) is 0.770. The third-order valence-electron chi connectivity index (χ3n) is 6.45. The van der Waals surface area contributed by atoms with Crippen molar-refractivity contribution in [3.05, 3.63) is 94.5 Å². The lowest BCUT2D eigenvalue weighted by atomic mass is 10.0. The summed E-state index contributed by atoms with van der Waals surface area (Å²) >= 11 is 1.50. The quantitative estimate of drug-likeness (QED) is 0.486. The highest BCUT2D eigenvalue weighted by molar-refractivity contribution is 8.01. The summed E-state index contributed by atoms with van der Waals surface area (Å²) in [5, 5.41) is 2.59. The average molecular weight is 473 g/mol. The van der Waals surface area contributed by atoms with Crippen LogP contribution in [0.1, 0.15) is 34.7 Å². The van der Waals surface area contributed by atoms with E-state index in [1.165, 1.54) is 28.5 Å². The lowest BCUT2D eigenvalue weighted by molar-refractivity contribution is -0.128. The number of aryl methyl sites for hydroxylation is 3. The number of nitrogens with zero attached hydrogens (tertiary/aromatic N) is 1. The van der Waals surface area contributed by atoms with Gasteiger partial charge in [-0.1, -0.05) is 72.6 Å². The van der Waals surface area contributed by atoms with Gasteiger partial charge < -0.3 is 10.2 Å². The molecule has 0 fully saturated rings. The van der Waals surface area contributed by atoms with Crippen LogP contribution in [0.2, 0.25) is 0 Å². The van der Waals surface area contributed by atoms with Crippen LogP contribution in [0.15, 0.2) is 71.6 Å². The molecular weight excluding hydrogens is 440 g/mol. The molecule has 3 aromatic rings. The van der Waals surface area contributed by atoms with Gasteiger partial charge in [0.15, 0.2) is 0 Å². The first-order valence-corrected chi connectivity index (χ1v) is 12.7. The van der Waals surface area contributed by atoms with Crippen LogP contribution in [-0.4, -0.2) is 23.6 Å². The van der Waals surface area contributed by atoms with Gasteiger partial charge in [-0.15, -0.1) is 11.8 Å². The summed E-state index contributed by atoms with van der Waals surface area (Å²) < 4.78 is 0. The van der Waals surface area contributed by atoms with Crippen molar-refractivity contribution < 1.29 is 9.59 Å². The maximum Gasteiger partial charge on any atom is 0.241 e. The summed E-state index contributed by atoms with van der Waals surface area (Å²) in [5.41, 5.74) is 6.79. The predicted molar refractivity (Wildman–Crippen MR) is 140 cm³/mol. The molecule has 34 heavy (non-hydrogen) atoms. The highest BCUT2D eigenvalue weighted by Gasteiger charge is 2.39. The monoisotopic (exact) mass is 472 g/mol. The number of anilines is 1. The highest BCUT2D eigenvalue weighted by Crippen LogP contribution is 2.42. The third kappa shape index (κ3) is 5.36. The lowest BCUT2D eigenvalue weighted by Crippen LogP contribution is -2.47. The number of nitrogens with one attached hydrogen (secondary N) is 1. The van der Waals surface area contributed by atoms with Gasteiger partial charge in [0.25, 0.3) is 0 Å². The second-order valence-corrected chi connectivity index (χ2v) is 10.4. The van der Waals surface area contributed by atoms with E-state index in [4.69, 9.17) is 0 Å². The Kier molecular flexibility index (Phi) is 7.42. The number of thioether (sulfide) groups is 1. The van der Waals surface area contributed by atoms with Gasteiger partial charge in [-0.2, -0.15) is 0 Å². The summed E-state index contributed by atoms with van der Waals surface area (Å²) in [6, 6.07) is 22.7. The van der Waals surface area contributed by atoms with Gasteiger partial charge in [-0.3, -0.25) is 9.59 Å². The zero-order valence-corrected chi connectivity index (χ0v) is 21.1. The molecule has 5 heteroatoms. The molecule has 0 saturated heterocycles. The molecule has 4 rings (SSSR count). The van der Waals surface area contributed by atoms with E-state index in [0.29, 0.717) is 13.1 Å². The summed E-state index contributed by atoms with van der Waals surface area (Å²) in [4.78, 5) is 29.6. The van der Waals surface area contributed by atoms with Gasteiger partial charge in [0, 0.05) is 11.4 Å². The van der Waals surface area contributed by atoms with E-state index in [9.17, 15) is 9.59 Å². The first-order valence-electron chi connectivity index (χ1n) is 11.8. The van der Waals surface area contributed by atoms with Gasteiger partial charge in [-0.05, 0) is 56.0 Å². The molecule has 2 atom stereocenters. The maximum absolute atomic E-state index is 13.7. The standard InChI is InChI=1S/C29H32N2O2S/c1-19-10-13-23(14-11-19)15-16-30-28(32)22(4)27-29(33)31(25-7-5-6-8-26(25)34-27)18-24-17-20(2)9-12-21(24)3/h5-14,17,22,27H,15-16,18H2,1-4H3,(H,30,32). The number of hydrogen-bond donors (Lipinski definition) is 1.